The number of aryl methyl sites for hydroxylation is 2. The van der Waals surface area contributed by atoms with Crippen molar-refractivity contribution in [2.24, 2.45) is 0 Å². The van der Waals surface area contributed by atoms with Gasteiger partial charge >= 0.3 is 0 Å². The summed E-state index contributed by atoms with van der Waals surface area (Å²) in [5, 5.41) is 0. The van der Waals surface area contributed by atoms with Crippen molar-refractivity contribution in [2.75, 3.05) is 6.54 Å². The van der Waals surface area contributed by atoms with Crippen LogP contribution in [0.25, 0.3) is 5.65 Å². The molecule has 1 amide bonds. The van der Waals surface area contributed by atoms with Crippen LogP contribution in [0.2, 0.25) is 0 Å². The molecule has 0 radical (unpaired) electrons. The van der Waals surface area contributed by atoms with E-state index in [2.05, 4.69) is 30.1 Å². The van der Waals surface area contributed by atoms with Crippen LogP contribution >= 0.6 is 0 Å². The highest BCUT2D eigenvalue weighted by Crippen LogP contribution is 2.23. The number of amides is 1. The van der Waals surface area contributed by atoms with E-state index in [0.717, 1.165) is 36.3 Å². The van der Waals surface area contributed by atoms with Crippen molar-refractivity contribution in [3.8, 4) is 0 Å². The van der Waals surface area contributed by atoms with Crippen LogP contribution in [-0.2, 0) is 19.4 Å². The summed E-state index contributed by atoms with van der Waals surface area (Å²) in [7, 11) is 0. The van der Waals surface area contributed by atoms with Crippen LogP contribution in [0.1, 0.15) is 39.8 Å². The first-order valence-corrected chi connectivity index (χ1v) is 8.51. The maximum absolute atomic E-state index is 13.2. The second-order valence-corrected chi connectivity index (χ2v) is 6.44. The third-order valence-electron chi connectivity index (χ3n) is 4.81. The summed E-state index contributed by atoms with van der Waals surface area (Å²) in [6, 6.07) is 12.4. The Hall–Kier alpha value is -2.62. The fourth-order valence-electron chi connectivity index (χ4n) is 3.49. The summed E-state index contributed by atoms with van der Waals surface area (Å²) in [6.45, 7) is 5.54. The highest BCUT2D eigenvalue weighted by Gasteiger charge is 2.26. The molecule has 0 unspecified atom stereocenters. The van der Waals surface area contributed by atoms with E-state index in [1.807, 2.05) is 40.6 Å². The number of pyridine rings is 1. The lowest BCUT2D eigenvalue weighted by molar-refractivity contribution is 0.0726. The molecule has 0 saturated carbocycles. The lowest BCUT2D eigenvalue weighted by Crippen LogP contribution is -2.37. The molecule has 0 bridgehead atoms. The fourth-order valence-corrected chi connectivity index (χ4v) is 3.49. The van der Waals surface area contributed by atoms with Gasteiger partial charge in [0.1, 0.15) is 11.3 Å². The molecule has 3 heterocycles. The van der Waals surface area contributed by atoms with Gasteiger partial charge in [-0.1, -0.05) is 31.2 Å². The van der Waals surface area contributed by atoms with E-state index >= 15 is 0 Å². The third-order valence-corrected chi connectivity index (χ3v) is 4.81. The van der Waals surface area contributed by atoms with E-state index in [4.69, 9.17) is 0 Å². The maximum atomic E-state index is 13.2. The largest absolute Gasteiger partial charge is 0.333 e. The van der Waals surface area contributed by atoms with Crippen molar-refractivity contribution in [3.05, 3.63) is 70.7 Å². The topological polar surface area (TPSA) is 37.6 Å². The minimum Gasteiger partial charge on any atom is -0.333 e. The predicted molar refractivity (Wildman–Crippen MR) is 94.2 cm³/mol. The predicted octanol–water partition coefficient (Wildman–Crippen LogP) is 3.40. The van der Waals surface area contributed by atoms with Crippen molar-refractivity contribution in [2.45, 2.75) is 33.2 Å². The molecule has 4 nitrogen and oxygen atoms in total. The Morgan fingerprint density at radius 3 is 2.79 bits per heavy atom. The van der Waals surface area contributed by atoms with Crippen LogP contribution in [0.5, 0.6) is 0 Å². The van der Waals surface area contributed by atoms with Crippen LogP contribution in [0.3, 0.4) is 0 Å². The number of aromatic nitrogens is 2. The van der Waals surface area contributed by atoms with E-state index in [1.165, 1.54) is 11.1 Å². The standard InChI is InChI=1S/C20H21N3O/c1-3-17-19(23-11-8-14(2)12-18(23)21-17)20(24)22-10-9-15-6-4-5-7-16(15)13-22/h4-8,11-12H,3,9-10,13H2,1-2H3. The molecular formula is C20H21N3O. The van der Waals surface area contributed by atoms with Crippen LogP contribution in [-0.4, -0.2) is 26.7 Å². The van der Waals surface area contributed by atoms with Crippen molar-refractivity contribution >= 4 is 11.6 Å². The van der Waals surface area contributed by atoms with E-state index < -0.39 is 0 Å². The zero-order chi connectivity index (χ0) is 16.7. The highest BCUT2D eigenvalue weighted by atomic mass is 16.2. The molecule has 1 aromatic carbocycles. The molecule has 1 aliphatic heterocycles. The van der Waals surface area contributed by atoms with E-state index in [0.29, 0.717) is 12.2 Å². The number of carbonyl (C=O) groups is 1. The lowest BCUT2D eigenvalue weighted by atomic mass is 9.99. The van der Waals surface area contributed by atoms with Gasteiger partial charge in [-0.3, -0.25) is 9.20 Å². The minimum atomic E-state index is 0.0812. The lowest BCUT2D eigenvalue weighted by Gasteiger charge is -2.29. The third kappa shape index (κ3) is 2.39. The molecule has 0 aliphatic carbocycles. The van der Waals surface area contributed by atoms with E-state index in [9.17, 15) is 4.79 Å². The number of rotatable bonds is 2. The van der Waals surface area contributed by atoms with Crippen molar-refractivity contribution in [1.29, 1.82) is 0 Å². The van der Waals surface area contributed by atoms with E-state index in [-0.39, 0.29) is 5.91 Å². The van der Waals surface area contributed by atoms with Gasteiger partial charge < -0.3 is 4.90 Å². The summed E-state index contributed by atoms with van der Waals surface area (Å²) in [6.07, 6.45) is 3.63. The van der Waals surface area contributed by atoms with Crippen LogP contribution in [0.4, 0.5) is 0 Å². The van der Waals surface area contributed by atoms with Gasteiger partial charge in [0.05, 0.1) is 5.69 Å². The zero-order valence-corrected chi connectivity index (χ0v) is 14.1. The summed E-state index contributed by atoms with van der Waals surface area (Å²) >= 11 is 0. The molecule has 2 aromatic heterocycles. The number of hydrogen-bond donors (Lipinski definition) is 0. The number of hydrogen-bond acceptors (Lipinski definition) is 2. The van der Waals surface area contributed by atoms with Crippen LogP contribution in [0.15, 0.2) is 42.6 Å². The normalized spacial score (nSPS) is 14.0. The number of carbonyl (C=O) groups excluding carboxylic acids is 1. The summed E-state index contributed by atoms with van der Waals surface area (Å²) in [5.41, 5.74) is 6.20. The van der Waals surface area contributed by atoms with Crippen molar-refractivity contribution in [1.82, 2.24) is 14.3 Å². The first kappa shape index (κ1) is 14.9. The first-order chi connectivity index (χ1) is 11.7. The maximum Gasteiger partial charge on any atom is 0.273 e. The molecule has 4 heteroatoms. The molecule has 4 rings (SSSR count). The molecule has 3 aromatic rings. The summed E-state index contributed by atoms with van der Waals surface area (Å²) in [5.74, 6) is 0.0812. The second-order valence-electron chi connectivity index (χ2n) is 6.44. The zero-order valence-electron chi connectivity index (χ0n) is 14.1. The smallest absolute Gasteiger partial charge is 0.273 e. The van der Waals surface area contributed by atoms with Gasteiger partial charge in [0.2, 0.25) is 0 Å². The molecule has 0 fully saturated rings. The Kier molecular flexibility index (Phi) is 3.60. The molecular weight excluding hydrogens is 298 g/mol. The SMILES string of the molecule is CCc1nc2cc(C)ccn2c1C(=O)N1CCc2ccccc2C1. The average molecular weight is 319 g/mol. The molecule has 1 aliphatic rings. The monoisotopic (exact) mass is 319 g/mol. The van der Waals surface area contributed by atoms with Crippen molar-refractivity contribution in [3.63, 3.8) is 0 Å². The first-order valence-electron chi connectivity index (χ1n) is 8.51. The average Bonchev–Trinajstić information content (AvgIpc) is 2.98. The van der Waals surface area contributed by atoms with Gasteiger partial charge in [-0.15, -0.1) is 0 Å². The van der Waals surface area contributed by atoms with Crippen LogP contribution < -0.4 is 0 Å². The minimum absolute atomic E-state index is 0.0812. The Morgan fingerprint density at radius 1 is 1.21 bits per heavy atom. The number of nitrogens with zero attached hydrogens (tertiary/aromatic N) is 3. The van der Waals surface area contributed by atoms with Gasteiger partial charge in [-0.2, -0.15) is 0 Å². The molecule has 0 N–H and O–H groups in total. The van der Waals surface area contributed by atoms with Gasteiger partial charge in [0, 0.05) is 19.3 Å². The van der Waals surface area contributed by atoms with Gasteiger partial charge in [0.15, 0.2) is 0 Å². The molecule has 0 saturated heterocycles. The highest BCUT2D eigenvalue weighted by molar-refractivity contribution is 5.95. The molecule has 122 valence electrons. The Balaban J connectivity index is 1.74. The molecule has 0 spiro atoms. The summed E-state index contributed by atoms with van der Waals surface area (Å²) < 4.78 is 1.94. The molecule has 24 heavy (non-hydrogen) atoms. The Labute approximate surface area is 141 Å². The Bertz CT molecular complexity index is 926. The van der Waals surface area contributed by atoms with Crippen molar-refractivity contribution < 1.29 is 4.79 Å². The van der Waals surface area contributed by atoms with E-state index in [1.54, 1.807) is 0 Å². The number of benzene rings is 1. The van der Waals surface area contributed by atoms with Gasteiger partial charge in [-0.05, 0) is 48.6 Å². The number of fused-ring (bicyclic) bond motifs is 2. The van der Waals surface area contributed by atoms with Gasteiger partial charge in [0.25, 0.3) is 5.91 Å². The quantitative estimate of drug-likeness (QED) is 0.726. The van der Waals surface area contributed by atoms with Crippen LogP contribution in [0, 0.1) is 6.92 Å². The second kappa shape index (κ2) is 5.78. The number of imidazole rings is 1. The fraction of sp³-hybridized carbons (Fsp3) is 0.300. The van der Waals surface area contributed by atoms with Gasteiger partial charge in [-0.25, -0.2) is 4.98 Å². The summed E-state index contributed by atoms with van der Waals surface area (Å²) in [4.78, 5) is 19.8. The molecule has 0 atom stereocenters. The Morgan fingerprint density at radius 2 is 2.00 bits per heavy atom.